The molecule has 0 unspecified atom stereocenters. The van der Waals surface area contributed by atoms with Crippen molar-refractivity contribution in [3.05, 3.63) is 131 Å². The Morgan fingerprint density at radius 3 is 1.23 bits per heavy atom. The molecule has 0 amide bonds. The number of hydrogen-bond acceptors (Lipinski definition) is 6. The molecule has 0 N–H and O–H groups in total. The van der Waals surface area contributed by atoms with Crippen LogP contribution in [0.3, 0.4) is 0 Å². The Bertz CT molecular complexity index is 2010. The van der Waals surface area contributed by atoms with Crippen molar-refractivity contribution in [3.63, 3.8) is 0 Å². The predicted molar refractivity (Wildman–Crippen MR) is 186 cm³/mol. The summed E-state index contributed by atoms with van der Waals surface area (Å²) < 4.78 is 89.6. The summed E-state index contributed by atoms with van der Waals surface area (Å²) in [5.74, 6) is -3.56. The summed E-state index contributed by atoms with van der Waals surface area (Å²) in [6.45, 7) is 11.6. The van der Waals surface area contributed by atoms with Crippen molar-refractivity contribution >= 4 is 8.22 Å². The van der Waals surface area contributed by atoms with Gasteiger partial charge in [0, 0.05) is 12.4 Å². The van der Waals surface area contributed by atoms with Gasteiger partial charge in [0.15, 0.2) is 19.9 Å². The third-order valence-electron chi connectivity index (χ3n) is 8.25. The van der Waals surface area contributed by atoms with E-state index >= 15 is 0 Å². The molecule has 8 nitrogen and oxygen atoms in total. The maximum absolute atomic E-state index is 14.6. The zero-order valence-corrected chi connectivity index (χ0v) is 30.0. The highest BCUT2D eigenvalue weighted by atomic mass is 31.1. The van der Waals surface area contributed by atoms with Crippen LogP contribution in [0.4, 0.5) is 26.3 Å². The SMILES string of the molecule is CC(C)(C)c1ccnc(-c2nc(C(F)(F)F)nn2P(C(c2ccccc2)c2ccccc2)n2nc(C(F)(F)F)nc2-c2cc(C(C)(C)C)ccn2)c1. The smallest absolute Gasteiger partial charge is 0.253 e. The van der Waals surface area contributed by atoms with Crippen LogP contribution >= 0.6 is 8.22 Å². The predicted octanol–water partition coefficient (Wildman–Crippen LogP) is 10.1. The van der Waals surface area contributed by atoms with Crippen LogP contribution in [0, 0.1) is 0 Å². The van der Waals surface area contributed by atoms with Crippen molar-refractivity contribution in [2.24, 2.45) is 0 Å². The first-order valence-corrected chi connectivity index (χ1v) is 17.6. The minimum atomic E-state index is -5.01. The van der Waals surface area contributed by atoms with E-state index in [9.17, 15) is 26.3 Å². The molecular weight excluding hydrogens is 701 g/mol. The van der Waals surface area contributed by atoms with E-state index in [1.165, 1.54) is 12.4 Å². The summed E-state index contributed by atoms with van der Waals surface area (Å²) in [5.41, 5.74) is 0.977. The van der Waals surface area contributed by atoms with Gasteiger partial charge in [-0.2, -0.15) is 35.2 Å². The Hall–Kier alpha value is -4.97. The average Bonchev–Trinajstić information content (AvgIpc) is 3.74. The number of pyridine rings is 2. The molecule has 0 atom stereocenters. The van der Waals surface area contributed by atoms with Crippen molar-refractivity contribution in [1.29, 1.82) is 0 Å². The van der Waals surface area contributed by atoms with Gasteiger partial charge in [0.25, 0.3) is 11.6 Å². The Labute approximate surface area is 297 Å². The van der Waals surface area contributed by atoms with Crippen molar-refractivity contribution < 1.29 is 26.3 Å². The molecule has 270 valence electrons. The fourth-order valence-electron chi connectivity index (χ4n) is 5.52. The molecule has 0 radical (unpaired) electrons. The molecule has 0 aliphatic carbocycles. The van der Waals surface area contributed by atoms with Crippen LogP contribution in [0.2, 0.25) is 0 Å². The van der Waals surface area contributed by atoms with Gasteiger partial charge in [-0.3, -0.25) is 9.97 Å². The summed E-state index contributed by atoms with van der Waals surface area (Å²) >= 11 is 0. The number of nitrogens with zero attached hydrogens (tertiary/aromatic N) is 8. The van der Waals surface area contributed by atoms with Gasteiger partial charge in [-0.15, -0.1) is 10.2 Å². The molecule has 52 heavy (non-hydrogen) atoms. The highest BCUT2D eigenvalue weighted by Crippen LogP contribution is 2.59. The minimum absolute atomic E-state index is 0.0494. The van der Waals surface area contributed by atoms with E-state index in [2.05, 4.69) is 30.1 Å². The van der Waals surface area contributed by atoms with E-state index in [1.54, 1.807) is 84.9 Å². The Kier molecular flexibility index (Phi) is 9.58. The lowest BCUT2D eigenvalue weighted by molar-refractivity contribution is -0.145. The molecule has 0 aliphatic rings. The largest absolute Gasteiger partial charge is 0.453 e. The summed E-state index contributed by atoms with van der Waals surface area (Å²) in [6, 6.07) is 24.3. The second kappa shape index (κ2) is 13.5. The first-order chi connectivity index (χ1) is 24.3. The van der Waals surface area contributed by atoms with Gasteiger partial charge in [0.2, 0.25) is 0 Å². The third kappa shape index (κ3) is 7.62. The molecule has 0 saturated carbocycles. The Morgan fingerprint density at radius 2 is 0.904 bits per heavy atom. The quantitative estimate of drug-likeness (QED) is 0.120. The van der Waals surface area contributed by atoms with Crippen molar-refractivity contribution in [3.8, 4) is 23.0 Å². The van der Waals surface area contributed by atoms with Gasteiger partial charge >= 0.3 is 12.4 Å². The van der Waals surface area contributed by atoms with E-state index < -0.39 is 48.7 Å². The van der Waals surface area contributed by atoms with Crippen LogP contribution in [-0.2, 0) is 23.2 Å². The van der Waals surface area contributed by atoms with Crippen LogP contribution < -0.4 is 0 Å². The molecule has 0 bridgehead atoms. The average molecular weight is 737 g/mol. The maximum Gasteiger partial charge on any atom is 0.453 e. The Balaban J connectivity index is 1.76. The normalized spacial score (nSPS) is 13.0. The van der Waals surface area contributed by atoms with Crippen LogP contribution in [0.15, 0.2) is 97.3 Å². The minimum Gasteiger partial charge on any atom is -0.253 e. The molecular formula is C37H35F6N8P. The number of alkyl halides is 6. The van der Waals surface area contributed by atoms with Crippen LogP contribution in [0.1, 0.15) is 81.1 Å². The molecule has 4 aromatic heterocycles. The fraction of sp³-hybridized carbons (Fsp3) is 0.297. The summed E-state index contributed by atoms with van der Waals surface area (Å²) in [5, 5.41) is 8.08. The molecule has 0 spiro atoms. The van der Waals surface area contributed by atoms with Gasteiger partial charge in [-0.05, 0) is 57.3 Å². The molecule has 6 rings (SSSR count). The molecule has 6 aromatic rings. The van der Waals surface area contributed by atoms with E-state index in [0.717, 1.165) is 20.0 Å². The fourth-order valence-corrected chi connectivity index (χ4v) is 8.03. The van der Waals surface area contributed by atoms with Crippen LogP contribution in [0.25, 0.3) is 23.0 Å². The van der Waals surface area contributed by atoms with Gasteiger partial charge in [0.1, 0.15) is 11.4 Å². The molecule has 2 aromatic carbocycles. The molecule has 0 saturated heterocycles. The van der Waals surface area contributed by atoms with E-state index in [0.29, 0.717) is 11.1 Å². The highest BCUT2D eigenvalue weighted by molar-refractivity contribution is 7.55. The lowest BCUT2D eigenvalue weighted by Crippen LogP contribution is -2.17. The highest BCUT2D eigenvalue weighted by Gasteiger charge is 2.44. The Morgan fingerprint density at radius 1 is 0.538 bits per heavy atom. The van der Waals surface area contributed by atoms with Gasteiger partial charge in [-0.25, -0.2) is 9.97 Å². The first kappa shape index (κ1) is 36.8. The number of rotatable bonds is 7. The van der Waals surface area contributed by atoms with E-state index in [4.69, 9.17) is 0 Å². The van der Waals surface area contributed by atoms with Crippen molar-refractivity contribution in [1.82, 2.24) is 39.0 Å². The third-order valence-corrected chi connectivity index (χ3v) is 10.6. The van der Waals surface area contributed by atoms with Gasteiger partial charge in [-0.1, -0.05) is 102 Å². The maximum atomic E-state index is 14.6. The topological polar surface area (TPSA) is 87.2 Å². The first-order valence-electron chi connectivity index (χ1n) is 16.2. The number of benzene rings is 2. The molecule has 0 aliphatic heterocycles. The lowest BCUT2D eigenvalue weighted by atomic mass is 9.87. The monoisotopic (exact) mass is 736 g/mol. The number of hydrogen-bond donors (Lipinski definition) is 0. The zero-order chi connectivity index (χ0) is 37.6. The summed E-state index contributed by atoms with van der Waals surface area (Å²) in [7, 11) is -2.58. The molecule has 0 fully saturated rings. The van der Waals surface area contributed by atoms with E-state index in [-0.39, 0.29) is 23.0 Å². The van der Waals surface area contributed by atoms with Crippen LogP contribution in [-0.4, -0.2) is 39.0 Å². The number of aromatic nitrogens is 8. The zero-order valence-electron chi connectivity index (χ0n) is 29.1. The second-order valence-electron chi connectivity index (χ2n) is 14.2. The van der Waals surface area contributed by atoms with Crippen molar-refractivity contribution in [2.75, 3.05) is 0 Å². The standard InChI is InChI=1S/C37H35F6N8P/c1-34(2,3)25-17-19-44-27(21-25)30-46-32(36(38,39)40)48-50(30)52(29(23-13-9-7-10-14-23)24-15-11-8-12-16-24)51-31(47-33(49-51)37(41,42)43)28-22-26(18-20-45-28)35(4,5)6/h7-22,29H,1-6H3. The summed E-state index contributed by atoms with van der Waals surface area (Å²) in [6.07, 6.45) is -7.10. The van der Waals surface area contributed by atoms with Crippen LogP contribution in [0.5, 0.6) is 0 Å². The lowest BCUT2D eigenvalue weighted by Gasteiger charge is -2.29. The number of halogens is 6. The van der Waals surface area contributed by atoms with E-state index in [1.807, 2.05) is 41.5 Å². The molecule has 15 heteroatoms. The van der Waals surface area contributed by atoms with Gasteiger partial charge < -0.3 is 0 Å². The van der Waals surface area contributed by atoms with Gasteiger partial charge in [0.05, 0.1) is 5.66 Å². The second-order valence-corrected chi connectivity index (χ2v) is 16.1. The summed E-state index contributed by atoms with van der Waals surface area (Å²) in [4.78, 5) is 16.8. The van der Waals surface area contributed by atoms with Crippen molar-refractivity contribution in [2.45, 2.75) is 70.4 Å². The molecule has 4 heterocycles.